The molecule has 0 aliphatic rings. The second kappa shape index (κ2) is 11.9. The van der Waals surface area contributed by atoms with Gasteiger partial charge >= 0.3 is 5.97 Å². The van der Waals surface area contributed by atoms with Crippen LogP contribution in [0.2, 0.25) is 10.0 Å². The lowest BCUT2D eigenvalue weighted by Crippen LogP contribution is -2.30. The minimum atomic E-state index is -3.73. The minimum absolute atomic E-state index is 0.0221. The Labute approximate surface area is 190 Å². The Balaban J connectivity index is 1.58. The molecule has 8 nitrogen and oxygen atoms in total. The first-order chi connectivity index (χ1) is 14.6. The third-order valence-corrected chi connectivity index (χ3v) is 5.49. The third-order valence-electron chi connectivity index (χ3n) is 4.03. The molecule has 0 aromatic heterocycles. The van der Waals surface area contributed by atoms with Crippen molar-refractivity contribution in [1.82, 2.24) is 5.32 Å². The topological polar surface area (TPSA) is 125 Å². The van der Waals surface area contributed by atoms with Crippen molar-refractivity contribution < 1.29 is 27.5 Å². The molecule has 31 heavy (non-hydrogen) atoms. The van der Waals surface area contributed by atoms with Crippen LogP contribution in [0.3, 0.4) is 0 Å². The summed E-state index contributed by atoms with van der Waals surface area (Å²) < 4.78 is 32.8. The smallest absolute Gasteiger partial charge is 0.306 e. The molecule has 168 valence electrons. The van der Waals surface area contributed by atoms with Gasteiger partial charge in [-0.3, -0.25) is 9.59 Å². The molecule has 3 N–H and O–H groups in total. The Morgan fingerprint density at radius 2 is 1.77 bits per heavy atom. The number of benzene rings is 2. The van der Waals surface area contributed by atoms with Crippen molar-refractivity contribution in [3.05, 3.63) is 58.1 Å². The number of hydrogen-bond acceptors (Lipinski definition) is 6. The predicted molar refractivity (Wildman–Crippen MR) is 117 cm³/mol. The normalized spacial score (nSPS) is 11.1. The molecule has 2 aromatic rings. The van der Waals surface area contributed by atoms with E-state index in [9.17, 15) is 18.0 Å². The summed E-state index contributed by atoms with van der Waals surface area (Å²) >= 11 is 11.8. The number of carbonyl (C=O) groups is 2. The van der Waals surface area contributed by atoms with E-state index in [-0.39, 0.29) is 24.5 Å². The SMILES string of the molecule is NS(=O)(=O)c1ccc(CCNC(=O)COC(=O)CCCOc2ccc(Cl)cc2Cl)cc1. The highest BCUT2D eigenvalue weighted by Crippen LogP contribution is 2.27. The summed E-state index contributed by atoms with van der Waals surface area (Å²) in [5.74, 6) is -0.476. The molecule has 0 atom stereocenters. The van der Waals surface area contributed by atoms with Crippen molar-refractivity contribution in [1.29, 1.82) is 0 Å². The van der Waals surface area contributed by atoms with E-state index >= 15 is 0 Å². The van der Waals surface area contributed by atoms with Gasteiger partial charge in [0.2, 0.25) is 10.0 Å². The lowest BCUT2D eigenvalue weighted by Gasteiger charge is -2.09. The Hall–Kier alpha value is -2.33. The van der Waals surface area contributed by atoms with E-state index < -0.39 is 21.9 Å². The number of sulfonamides is 1. The van der Waals surface area contributed by atoms with E-state index in [1.165, 1.54) is 12.1 Å². The first-order valence-corrected chi connectivity index (χ1v) is 11.6. The average Bonchev–Trinajstić information content (AvgIpc) is 2.70. The fourth-order valence-corrected chi connectivity index (χ4v) is 3.43. The van der Waals surface area contributed by atoms with Crippen molar-refractivity contribution >= 4 is 45.1 Å². The van der Waals surface area contributed by atoms with Crippen LogP contribution in [-0.4, -0.2) is 40.1 Å². The van der Waals surface area contributed by atoms with E-state index in [1.54, 1.807) is 30.3 Å². The van der Waals surface area contributed by atoms with E-state index in [0.717, 1.165) is 5.56 Å². The Kier molecular flexibility index (Phi) is 9.57. The summed E-state index contributed by atoms with van der Waals surface area (Å²) in [7, 11) is -3.73. The van der Waals surface area contributed by atoms with Crippen LogP contribution in [0.1, 0.15) is 18.4 Å². The summed E-state index contributed by atoms with van der Waals surface area (Å²) in [5, 5.41) is 8.54. The van der Waals surface area contributed by atoms with Crippen LogP contribution in [0.15, 0.2) is 47.4 Å². The zero-order valence-electron chi connectivity index (χ0n) is 16.5. The molecule has 11 heteroatoms. The number of carbonyl (C=O) groups excluding carboxylic acids is 2. The first-order valence-electron chi connectivity index (χ1n) is 9.27. The van der Waals surface area contributed by atoms with Crippen LogP contribution in [-0.2, 0) is 30.8 Å². The van der Waals surface area contributed by atoms with Crippen molar-refractivity contribution in [3.8, 4) is 5.75 Å². The predicted octanol–water partition coefficient (Wildman–Crippen LogP) is 2.70. The van der Waals surface area contributed by atoms with Gasteiger partial charge in [-0.2, -0.15) is 0 Å². The molecule has 2 rings (SSSR count). The Morgan fingerprint density at radius 3 is 2.42 bits per heavy atom. The lowest BCUT2D eigenvalue weighted by molar-refractivity contribution is -0.148. The quantitative estimate of drug-likeness (QED) is 0.370. The van der Waals surface area contributed by atoms with Gasteiger partial charge in [0.15, 0.2) is 6.61 Å². The number of rotatable bonds is 11. The van der Waals surface area contributed by atoms with Gasteiger partial charge in [-0.05, 0) is 48.7 Å². The second-order valence-electron chi connectivity index (χ2n) is 6.48. The van der Waals surface area contributed by atoms with Crippen LogP contribution in [0.4, 0.5) is 0 Å². The van der Waals surface area contributed by atoms with Gasteiger partial charge in [-0.15, -0.1) is 0 Å². The minimum Gasteiger partial charge on any atom is -0.492 e. The molecular weight excluding hydrogens is 467 g/mol. The molecule has 0 radical (unpaired) electrons. The summed E-state index contributed by atoms with van der Waals surface area (Å²) in [4.78, 5) is 23.5. The highest BCUT2D eigenvalue weighted by atomic mass is 35.5. The third kappa shape index (κ3) is 9.14. The molecule has 0 bridgehead atoms. The van der Waals surface area contributed by atoms with E-state index in [4.69, 9.17) is 37.8 Å². The van der Waals surface area contributed by atoms with Crippen molar-refractivity contribution in [2.45, 2.75) is 24.2 Å². The van der Waals surface area contributed by atoms with Crippen LogP contribution < -0.4 is 15.2 Å². The van der Waals surface area contributed by atoms with Gasteiger partial charge in [0, 0.05) is 18.0 Å². The van der Waals surface area contributed by atoms with E-state index in [2.05, 4.69) is 5.32 Å². The number of nitrogens with two attached hydrogens (primary N) is 1. The summed E-state index contributed by atoms with van der Waals surface area (Å²) in [6, 6.07) is 10.9. The number of esters is 1. The fourth-order valence-electron chi connectivity index (χ4n) is 2.45. The maximum Gasteiger partial charge on any atom is 0.306 e. The van der Waals surface area contributed by atoms with Gasteiger partial charge in [-0.25, -0.2) is 13.6 Å². The largest absolute Gasteiger partial charge is 0.492 e. The molecule has 0 unspecified atom stereocenters. The van der Waals surface area contributed by atoms with Crippen LogP contribution in [0.5, 0.6) is 5.75 Å². The number of amides is 1. The maximum atomic E-state index is 11.8. The Morgan fingerprint density at radius 1 is 1.06 bits per heavy atom. The first kappa shape index (κ1) is 24.9. The van der Waals surface area contributed by atoms with Gasteiger partial charge < -0.3 is 14.8 Å². The number of nitrogens with one attached hydrogen (secondary N) is 1. The maximum absolute atomic E-state index is 11.8. The molecule has 0 saturated heterocycles. The molecule has 0 heterocycles. The summed E-state index contributed by atoms with van der Waals surface area (Å²) in [6.07, 6.45) is 0.970. The lowest BCUT2D eigenvalue weighted by atomic mass is 10.1. The fraction of sp³-hybridized carbons (Fsp3) is 0.300. The number of halogens is 2. The molecule has 0 aliphatic heterocycles. The zero-order chi connectivity index (χ0) is 22.9. The van der Waals surface area contributed by atoms with Crippen LogP contribution in [0, 0.1) is 0 Å². The molecule has 1 amide bonds. The van der Waals surface area contributed by atoms with E-state index in [0.29, 0.717) is 35.2 Å². The molecule has 2 aromatic carbocycles. The summed E-state index contributed by atoms with van der Waals surface area (Å²) in [5.41, 5.74) is 0.825. The molecule has 0 spiro atoms. The van der Waals surface area contributed by atoms with Gasteiger partial charge in [-0.1, -0.05) is 35.3 Å². The van der Waals surface area contributed by atoms with Gasteiger partial charge in [0.05, 0.1) is 16.5 Å². The molecule has 0 saturated carbocycles. The second-order valence-corrected chi connectivity index (χ2v) is 8.88. The van der Waals surface area contributed by atoms with Crippen LogP contribution >= 0.6 is 23.2 Å². The molecular formula is C20H22Cl2N2O6S. The highest BCUT2D eigenvalue weighted by Gasteiger charge is 2.09. The Bertz CT molecular complexity index is 1010. The average molecular weight is 489 g/mol. The highest BCUT2D eigenvalue weighted by molar-refractivity contribution is 7.89. The van der Waals surface area contributed by atoms with Crippen molar-refractivity contribution in [3.63, 3.8) is 0 Å². The monoisotopic (exact) mass is 488 g/mol. The van der Waals surface area contributed by atoms with Crippen molar-refractivity contribution in [2.24, 2.45) is 5.14 Å². The molecule has 0 fully saturated rings. The van der Waals surface area contributed by atoms with Gasteiger partial charge in [0.1, 0.15) is 5.75 Å². The number of primary sulfonamides is 1. The molecule has 0 aliphatic carbocycles. The van der Waals surface area contributed by atoms with Gasteiger partial charge in [0.25, 0.3) is 5.91 Å². The standard InChI is InChI=1S/C20H22Cl2N2O6S/c21-15-5-8-18(17(22)12-15)29-11-1-2-20(26)30-13-19(25)24-10-9-14-3-6-16(7-4-14)31(23,27)28/h3-8,12H,1-2,9-11,13H2,(H,24,25)(H2,23,27,28). The number of ether oxygens (including phenoxy) is 2. The van der Waals surface area contributed by atoms with E-state index in [1.807, 2.05) is 0 Å². The summed E-state index contributed by atoms with van der Waals surface area (Å²) in [6.45, 7) is 0.181. The zero-order valence-corrected chi connectivity index (χ0v) is 18.8. The van der Waals surface area contributed by atoms with Crippen molar-refractivity contribution in [2.75, 3.05) is 19.8 Å². The van der Waals surface area contributed by atoms with Crippen LogP contribution in [0.25, 0.3) is 0 Å². The number of hydrogen-bond donors (Lipinski definition) is 2.